The summed E-state index contributed by atoms with van der Waals surface area (Å²) >= 11 is 0. The summed E-state index contributed by atoms with van der Waals surface area (Å²) in [6.45, 7) is 7.03. The van der Waals surface area contributed by atoms with Gasteiger partial charge in [0.05, 0.1) is 19.3 Å². The van der Waals surface area contributed by atoms with Gasteiger partial charge in [-0.25, -0.2) is 0 Å². The van der Waals surface area contributed by atoms with Crippen molar-refractivity contribution in [3.8, 4) is 5.75 Å². The van der Waals surface area contributed by atoms with E-state index in [4.69, 9.17) is 9.47 Å². The Morgan fingerprint density at radius 1 is 1.12 bits per heavy atom. The molecule has 1 aliphatic rings. The molecule has 1 saturated heterocycles. The fourth-order valence-electron chi connectivity index (χ4n) is 3.68. The quantitative estimate of drug-likeness (QED) is 0.294. The molecular formula is C25H37IN4O2. The van der Waals surface area contributed by atoms with E-state index in [2.05, 4.69) is 90.9 Å². The minimum atomic E-state index is 0. The third kappa shape index (κ3) is 7.64. The van der Waals surface area contributed by atoms with Crippen molar-refractivity contribution in [2.45, 2.75) is 39.0 Å². The zero-order chi connectivity index (χ0) is 22.2. The molecule has 2 unspecified atom stereocenters. The van der Waals surface area contributed by atoms with Crippen molar-refractivity contribution in [2.75, 3.05) is 40.9 Å². The summed E-state index contributed by atoms with van der Waals surface area (Å²) in [7, 11) is 6.00. The number of hydrogen-bond donors (Lipinski definition) is 2. The second kappa shape index (κ2) is 13.0. The van der Waals surface area contributed by atoms with Crippen molar-refractivity contribution in [1.29, 1.82) is 0 Å². The van der Waals surface area contributed by atoms with Crippen LogP contribution < -0.4 is 15.4 Å². The van der Waals surface area contributed by atoms with E-state index in [9.17, 15) is 0 Å². The Kier molecular flexibility index (Phi) is 10.7. The summed E-state index contributed by atoms with van der Waals surface area (Å²) in [6, 6.07) is 15.3. The van der Waals surface area contributed by atoms with Gasteiger partial charge in [0.25, 0.3) is 0 Å². The second-order valence-electron chi connectivity index (χ2n) is 8.41. The first-order valence-electron chi connectivity index (χ1n) is 11.0. The molecule has 2 atom stereocenters. The highest BCUT2D eigenvalue weighted by Crippen LogP contribution is 2.24. The lowest BCUT2D eigenvalue weighted by molar-refractivity contribution is 0.140. The van der Waals surface area contributed by atoms with Crippen molar-refractivity contribution in [3.63, 3.8) is 0 Å². The molecule has 32 heavy (non-hydrogen) atoms. The SMILES string of the molecule is CN=C(NCc1ccc(C)cc1OC1CCOC1)NCC(c1ccc(C)cc1)N(C)C.I. The standard InChI is InChI=1S/C25H36N4O2.HI/c1-18-6-9-20(10-7-18)23(29(4)5)16-28-25(26-3)27-15-21-11-8-19(2)14-24(21)31-22-12-13-30-17-22;/h6-11,14,22-23H,12-13,15-17H2,1-5H3,(H2,26,27,28);1H. The lowest BCUT2D eigenvalue weighted by atomic mass is 10.0. The number of hydrogen-bond acceptors (Lipinski definition) is 4. The van der Waals surface area contributed by atoms with E-state index in [0.29, 0.717) is 13.2 Å². The predicted molar refractivity (Wildman–Crippen MR) is 142 cm³/mol. The third-order valence-corrected chi connectivity index (χ3v) is 5.62. The van der Waals surface area contributed by atoms with Crippen molar-refractivity contribution in [1.82, 2.24) is 15.5 Å². The Bertz CT molecular complexity index is 865. The van der Waals surface area contributed by atoms with Gasteiger partial charge in [0, 0.05) is 32.1 Å². The molecule has 2 N–H and O–H groups in total. The van der Waals surface area contributed by atoms with E-state index < -0.39 is 0 Å². The number of nitrogens with one attached hydrogen (secondary N) is 2. The molecule has 1 heterocycles. The fraction of sp³-hybridized carbons (Fsp3) is 0.480. The average molecular weight is 553 g/mol. The maximum Gasteiger partial charge on any atom is 0.191 e. The topological polar surface area (TPSA) is 58.1 Å². The van der Waals surface area contributed by atoms with Crippen LogP contribution in [0.3, 0.4) is 0 Å². The number of aliphatic imine (C=N–C) groups is 1. The Morgan fingerprint density at radius 2 is 1.84 bits per heavy atom. The first-order valence-corrected chi connectivity index (χ1v) is 11.0. The molecule has 0 spiro atoms. The van der Waals surface area contributed by atoms with E-state index >= 15 is 0 Å². The fourth-order valence-corrected chi connectivity index (χ4v) is 3.68. The number of likely N-dealkylation sites (N-methyl/N-ethyl adjacent to an activating group) is 1. The minimum absolute atomic E-state index is 0. The number of halogens is 1. The van der Waals surface area contributed by atoms with Crippen LogP contribution in [0.2, 0.25) is 0 Å². The van der Waals surface area contributed by atoms with E-state index in [1.54, 1.807) is 7.05 Å². The normalized spacial score (nSPS) is 17.1. The van der Waals surface area contributed by atoms with Gasteiger partial charge >= 0.3 is 0 Å². The van der Waals surface area contributed by atoms with Crippen LogP contribution in [0.15, 0.2) is 47.5 Å². The van der Waals surface area contributed by atoms with Gasteiger partial charge in [0.15, 0.2) is 5.96 Å². The largest absolute Gasteiger partial charge is 0.488 e. The number of nitrogens with zero attached hydrogens (tertiary/aromatic N) is 2. The molecule has 7 heteroatoms. The van der Waals surface area contributed by atoms with E-state index in [1.807, 2.05) is 0 Å². The number of guanidine groups is 1. The summed E-state index contributed by atoms with van der Waals surface area (Å²) in [6.07, 6.45) is 1.07. The average Bonchev–Trinajstić information content (AvgIpc) is 3.25. The summed E-state index contributed by atoms with van der Waals surface area (Å²) in [5.74, 6) is 1.69. The maximum atomic E-state index is 6.22. The molecule has 3 rings (SSSR count). The summed E-state index contributed by atoms with van der Waals surface area (Å²) in [5.41, 5.74) is 4.86. The van der Waals surface area contributed by atoms with Crippen LogP contribution in [0.1, 0.15) is 34.7 Å². The molecule has 0 bridgehead atoms. The second-order valence-corrected chi connectivity index (χ2v) is 8.41. The zero-order valence-corrected chi connectivity index (χ0v) is 22.2. The number of rotatable bonds is 8. The smallest absolute Gasteiger partial charge is 0.191 e. The molecule has 0 aromatic heterocycles. The Labute approximate surface area is 209 Å². The van der Waals surface area contributed by atoms with Crippen molar-refractivity contribution >= 4 is 29.9 Å². The monoisotopic (exact) mass is 552 g/mol. The maximum absolute atomic E-state index is 6.22. The Hall–Kier alpha value is -1.84. The molecule has 0 saturated carbocycles. The molecule has 6 nitrogen and oxygen atoms in total. The van der Waals surface area contributed by atoms with Crippen LogP contribution in [0.4, 0.5) is 0 Å². The van der Waals surface area contributed by atoms with Gasteiger partial charge in [-0.2, -0.15) is 0 Å². The molecule has 0 amide bonds. The lowest BCUT2D eigenvalue weighted by Gasteiger charge is -2.26. The molecule has 1 fully saturated rings. The highest BCUT2D eigenvalue weighted by atomic mass is 127. The van der Waals surface area contributed by atoms with Crippen LogP contribution in [-0.2, 0) is 11.3 Å². The van der Waals surface area contributed by atoms with E-state index in [0.717, 1.165) is 36.8 Å². The zero-order valence-electron chi connectivity index (χ0n) is 19.9. The van der Waals surface area contributed by atoms with Crippen LogP contribution in [-0.4, -0.2) is 57.9 Å². The minimum Gasteiger partial charge on any atom is -0.488 e. The number of ether oxygens (including phenoxy) is 2. The highest BCUT2D eigenvalue weighted by Gasteiger charge is 2.19. The molecule has 2 aromatic rings. The van der Waals surface area contributed by atoms with Gasteiger partial charge in [-0.15, -0.1) is 24.0 Å². The van der Waals surface area contributed by atoms with E-state index in [1.165, 1.54) is 16.7 Å². The molecule has 2 aromatic carbocycles. The first-order chi connectivity index (χ1) is 15.0. The highest BCUT2D eigenvalue weighted by molar-refractivity contribution is 14.0. The molecule has 0 aliphatic carbocycles. The van der Waals surface area contributed by atoms with Crippen LogP contribution in [0, 0.1) is 13.8 Å². The molecule has 0 radical (unpaired) electrons. The molecular weight excluding hydrogens is 515 g/mol. The van der Waals surface area contributed by atoms with Gasteiger partial charge in [0.1, 0.15) is 11.9 Å². The number of aryl methyl sites for hydroxylation is 2. The van der Waals surface area contributed by atoms with Crippen molar-refractivity contribution in [2.24, 2.45) is 4.99 Å². The van der Waals surface area contributed by atoms with Crippen LogP contribution in [0.5, 0.6) is 5.75 Å². The van der Waals surface area contributed by atoms with Gasteiger partial charge in [0.2, 0.25) is 0 Å². The summed E-state index contributed by atoms with van der Waals surface area (Å²) < 4.78 is 11.7. The van der Waals surface area contributed by atoms with Crippen LogP contribution in [0.25, 0.3) is 0 Å². The van der Waals surface area contributed by atoms with Gasteiger partial charge in [-0.1, -0.05) is 42.0 Å². The Balaban J connectivity index is 0.00000363. The lowest BCUT2D eigenvalue weighted by Crippen LogP contribution is -2.41. The predicted octanol–water partition coefficient (Wildman–Crippen LogP) is 4.06. The van der Waals surface area contributed by atoms with Crippen molar-refractivity contribution in [3.05, 3.63) is 64.7 Å². The van der Waals surface area contributed by atoms with Gasteiger partial charge in [-0.05, 0) is 45.1 Å². The first kappa shape index (κ1) is 26.4. The third-order valence-electron chi connectivity index (χ3n) is 5.62. The van der Waals surface area contributed by atoms with Crippen molar-refractivity contribution < 1.29 is 9.47 Å². The molecule has 176 valence electrons. The van der Waals surface area contributed by atoms with E-state index in [-0.39, 0.29) is 36.1 Å². The van der Waals surface area contributed by atoms with Gasteiger partial charge < -0.3 is 25.0 Å². The summed E-state index contributed by atoms with van der Waals surface area (Å²) in [4.78, 5) is 6.63. The number of benzene rings is 2. The van der Waals surface area contributed by atoms with Crippen LogP contribution >= 0.6 is 24.0 Å². The van der Waals surface area contributed by atoms with Gasteiger partial charge in [-0.3, -0.25) is 4.99 Å². The molecule has 1 aliphatic heterocycles. The Morgan fingerprint density at radius 3 is 2.47 bits per heavy atom. The summed E-state index contributed by atoms with van der Waals surface area (Å²) in [5, 5.41) is 6.91.